The second kappa shape index (κ2) is 73.4. The Hall–Kier alpha value is -1.94. The van der Waals surface area contributed by atoms with Crippen molar-refractivity contribution in [3.63, 3.8) is 0 Å². The molecule has 2 unspecified atom stereocenters. The maximum Gasteiger partial charge on any atom is 0.472 e. The molecule has 0 saturated carbocycles. The summed E-state index contributed by atoms with van der Waals surface area (Å²) in [4.78, 5) is 73.0. The van der Waals surface area contributed by atoms with Crippen LogP contribution in [0.15, 0.2) is 0 Å². The lowest BCUT2D eigenvalue weighted by atomic mass is 10.0. The van der Waals surface area contributed by atoms with Crippen molar-refractivity contribution in [1.82, 2.24) is 0 Å². The Morgan fingerprint density at radius 3 is 0.673 bits per heavy atom. The number of carbonyl (C=O) groups excluding carboxylic acids is 4. The molecule has 98 heavy (non-hydrogen) atoms. The first-order valence-corrected chi connectivity index (χ1v) is 44.1. The number of phosphoric ester groups is 2. The second-order valence-electron chi connectivity index (χ2n) is 28.3. The lowest BCUT2D eigenvalue weighted by molar-refractivity contribution is -0.161. The number of hydrogen-bond donors (Lipinski definition) is 3. The number of phosphoric acid groups is 2. The first-order chi connectivity index (χ1) is 47.7. The van der Waals surface area contributed by atoms with E-state index in [0.717, 1.165) is 96.3 Å². The number of rotatable bonds is 80. The van der Waals surface area contributed by atoms with Crippen LogP contribution >= 0.6 is 15.6 Å². The molecule has 17 nitrogen and oxygen atoms in total. The van der Waals surface area contributed by atoms with Crippen molar-refractivity contribution in [1.29, 1.82) is 0 Å². The molecule has 0 radical (unpaired) electrons. The standard InChI is InChI=1S/C79H153O17P2/c1-5-9-13-17-21-25-29-33-36-40-43-47-51-55-59-63-76(81)89-69-74(95-78(83)65-61-57-53-49-45-39-32-28-24-20-16-12-8-4)71-93-97(85,86)91-67-73(80)68-92-98(87,88)94-72-75(96-79(84)66-62-58-54-50-46-42-38-35-31-27-23-19-15-11-7-3)70-90-77(82)64-60-56-52-48-44-41-37-34-30-26-22-18-14-10-6-2/h73-75,80H,4-72H2,1-3H3,(H,85,86)(H,87,88)/q-1/t73-,74+,75+/m0/s1. The molecule has 582 valence electrons. The largest absolute Gasteiger partial charge is 0.472 e. The number of esters is 4. The van der Waals surface area contributed by atoms with Crippen LogP contribution in [0.5, 0.6) is 0 Å². The minimum absolute atomic E-state index is 0.104. The van der Waals surface area contributed by atoms with Crippen LogP contribution in [0, 0.1) is 6.92 Å². The van der Waals surface area contributed by atoms with Crippen LogP contribution in [0.1, 0.15) is 419 Å². The Balaban J connectivity index is 5.26. The van der Waals surface area contributed by atoms with E-state index in [9.17, 15) is 43.2 Å². The molecular formula is C79H153O17P2-. The van der Waals surface area contributed by atoms with Crippen molar-refractivity contribution in [3.8, 4) is 0 Å². The van der Waals surface area contributed by atoms with E-state index in [1.165, 1.54) is 250 Å². The topological polar surface area (TPSA) is 237 Å². The third kappa shape index (κ3) is 72.4. The molecule has 3 N–H and O–H groups in total. The van der Waals surface area contributed by atoms with Crippen LogP contribution in [0.25, 0.3) is 0 Å². The van der Waals surface area contributed by atoms with Gasteiger partial charge in [-0.3, -0.25) is 37.3 Å². The Morgan fingerprint density at radius 1 is 0.276 bits per heavy atom. The summed E-state index contributed by atoms with van der Waals surface area (Å²) in [6.07, 6.45) is 64.3. The number of hydrogen-bond acceptors (Lipinski definition) is 15. The minimum atomic E-state index is -4.96. The molecule has 0 aliphatic rings. The molecule has 0 aromatic carbocycles. The van der Waals surface area contributed by atoms with E-state index in [4.69, 9.17) is 37.0 Å². The van der Waals surface area contributed by atoms with Crippen LogP contribution in [0.3, 0.4) is 0 Å². The van der Waals surface area contributed by atoms with Gasteiger partial charge < -0.3 is 40.8 Å². The first-order valence-electron chi connectivity index (χ1n) is 41.1. The molecule has 0 bridgehead atoms. The van der Waals surface area contributed by atoms with E-state index in [1.54, 1.807) is 0 Å². The molecule has 5 atom stereocenters. The zero-order chi connectivity index (χ0) is 71.8. The van der Waals surface area contributed by atoms with Crippen LogP contribution in [0.2, 0.25) is 0 Å². The third-order valence-electron chi connectivity index (χ3n) is 18.5. The number of unbranched alkanes of at least 4 members (excludes halogenated alkanes) is 54. The SMILES string of the molecule is [CH2-]CCCCCCCCCCCCCCC(=O)O[C@H](COC(=O)CCCCCCCCCCCCCCCCC)COP(=O)(O)OC[C@H](O)COP(=O)(O)OC[C@@H](COC(=O)CCCCCCCCCCCCCCCCC)OC(=O)CCCCCCCCCCCCCCCCC. The summed E-state index contributed by atoms with van der Waals surface area (Å²) in [7, 11) is -9.92. The second-order valence-corrected chi connectivity index (χ2v) is 31.2. The molecule has 0 rings (SSSR count). The van der Waals surface area contributed by atoms with Crippen LogP contribution in [0.4, 0.5) is 0 Å². The zero-order valence-electron chi connectivity index (χ0n) is 63.5. The summed E-state index contributed by atoms with van der Waals surface area (Å²) in [6, 6.07) is 0. The molecule has 0 aromatic rings. The average molecular weight is 1440 g/mol. The van der Waals surface area contributed by atoms with Crippen LogP contribution in [-0.2, 0) is 65.4 Å². The molecule has 0 saturated heterocycles. The zero-order valence-corrected chi connectivity index (χ0v) is 65.3. The molecule has 19 heteroatoms. The van der Waals surface area contributed by atoms with E-state index in [2.05, 4.69) is 27.7 Å². The van der Waals surface area contributed by atoms with Gasteiger partial charge in [-0.15, -0.1) is 0 Å². The first kappa shape index (κ1) is 96.1. The molecule has 0 aliphatic heterocycles. The van der Waals surface area contributed by atoms with Gasteiger partial charge in [0.15, 0.2) is 12.2 Å². The van der Waals surface area contributed by atoms with Gasteiger partial charge in [-0.25, -0.2) is 9.13 Å². The molecule has 0 spiro atoms. The Kier molecular flexibility index (Phi) is 71.9. The predicted octanol–water partition coefficient (Wildman–Crippen LogP) is 23.6. The lowest BCUT2D eigenvalue weighted by Crippen LogP contribution is -2.30. The fourth-order valence-corrected chi connectivity index (χ4v) is 13.8. The van der Waals surface area contributed by atoms with Crippen molar-refractivity contribution in [2.75, 3.05) is 39.6 Å². The highest BCUT2D eigenvalue weighted by atomic mass is 31.2. The van der Waals surface area contributed by atoms with Gasteiger partial charge in [0.2, 0.25) is 0 Å². The smallest absolute Gasteiger partial charge is 0.462 e. The Morgan fingerprint density at radius 2 is 0.459 bits per heavy atom. The fraction of sp³-hybridized carbons (Fsp3) is 0.937. The Bertz CT molecular complexity index is 1860. The van der Waals surface area contributed by atoms with Crippen molar-refractivity contribution in [2.45, 2.75) is 437 Å². The molecular weight excluding hydrogens is 1280 g/mol. The van der Waals surface area contributed by atoms with Gasteiger partial charge >= 0.3 is 39.5 Å². The van der Waals surface area contributed by atoms with Gasteiger partial charge in [0.1, 0.15) is 19.3 Å². The van der Waals surface area contributed by atoms with Crippen molar-refractivity contribution in [3.05, 3.63) is 6.92 Å². The number of aliphatic hydroxyl groups excluding tert-OH is 1. The number of aliphatic hydroxyl groups is 1. The monoisotopic (exact) mass is 1440 g/mol. The maximum atomic E-state index is 13.1. The van der Waals surface area contributed by atoms with Gasteiger partial charge in [0.05, 0.1) is 26.4 Å². The van der Waals surface area contributed by atoms with Crippen molar-refractivity contribution in [2.24, 2.45) is 0 Å². The summed E-state index contributed by atoms with van der Waals surface area (Å²) in [5.41, 5.74) is 0. The number of ether oxygens (including phenoxy) is 4. The predicted molar refractivity (Wildman–Crippen MR) is 400 cm³/mol. The van der Waals surface area contributed by atoms with E-state index in [-0.39, 0.29) is 25.7 Å². The highest BCUT2D eigenvalue weighted by Gasteiger charge is 2.30. The van der Waals surface area contributed by atoms with Gasteiger partial charge in [-0.1, -0.05) is 361 Å². The summed E-state index contributed by atoms with van der Waals surface area (Å²) in [5.74, 6) is -2.11. The maximum absolute atomic E-state index is 13.1. The highest BCUT2D eigenvalue weighted by molar-refractivity contribution is 7.47. The average Bonchev–Trinajstić information content (AvgIpc) is 1.07. The van der Waals surface area contributed by atoms with Gasteiger partial charge in [0.25, 0.3) is 0 Å². The normalized spacial score (nSPS) is 13.8. The molecule has 0 aromatic heterocycles. The fourth-order valence-electron chi connectivity index (χ4n) is 12.2. The van der Waals surface area contributed by atoms with E-state index >= 15 is 0 Å². The summed E-state index contributed by atoms with van der Waals surface area (Å²) >= 11 is 0. The van der Waals surface area contributed by atoms with Gasteiger partial charge in [-0.2, -0.15) is 6.42 Å². The van der Waals surface area contributed by atoms with Gasteiger partial charge in [0, 0.05) is 25.7 Å². The highest BCUT2D eigenvalue weighted by Crippen LogP contribution is 2.45. The molecule has 0 fully saturated rings. The minimum Gasteiger partial charge on any atom is -0.462 e. The summed E-state index contributed by atoms with van der Waals surface area (Å²) < 4.78 is 68.7. The molecule has 0 amide bonds. The molecule has 0 heterocycles. The lowest BCUT2D eigenvalue weighted by Gasteiger charge is -2.21. The van der Waals surface area contributed by atoms with Crippen LogP contribution in [-0.4, -0.2) is 96.7 Å². The molecule has 0 aliphatic carbocycles. The van der Waals surface area contributed by atoms with Crippen molar-refractivity contribution >= 4 is 39.5 Å². The quantitative estimate of drug-likeness (QED) is 0.0169. The third-order valence-corrected chi connectivity index (χ3v) is 20.4. The summed E-state index contributed by atoms with van der Waals surface area (Å²) in [6.45, 7) is 6.70. The summed E-state index contributed by atoms with van der Waals surface area (Å²) in [5, 5.41) is 10.6. The van der Waals surface area contributed by atoms with Crippen molar-refractivity contribution < 1.29 is 80.2 Å². The van der Waals surface area contributed by atoms with E-state index in [1.807, 2.05) is 0 Å². The van der Waals surface area contributed by atoms with Gasteiger partial charge in [-0.05, 0) is 25.7 Å². The van der Waals surface area contributed by atoms with Crippen LogP contribution < -0.4 is 0 Å². The Labute approximate surface area is 600 Å². The number of carbonyl (C=O) groups is 4. The van der Waals surface area contributed by atoms with E-state index in [0.29, 0.717) is 25.7 Å². The van der Waals surface area contributed by atoms with E-state index < -0.39 is 97.5 Å².